The molecule has 0 atom stereocenters. The van der Waals surface area contributed by atoms with Gasteiger partial charge in [-0.05, 0) is 18.2 Å². The normalized spacial score (nSPS) is 9.65. The topological polar surface area (TPSA) is 64.4 Å². The maximum absolute atomic E-state index is 8.95. The van der Waals surface area contributed by atoms with Gasteiger partial charge in [0.1, 0.15) is 18.1 Å². The van der Waals surface area contributed by atoms with Crippen LogP contribution >= 0.6 is 0 Å². The first kappa shape index (κ1) is 13.7. The first-order valence-corrected chi connectivity index (χ1v) is 5.97. The second kappa shape index (κ2) is 6.43. The molecule has 2 aromatic rings. The highest BCUT2D eigenvalue weighted by Crippen LogP contribution is 2.23. The molecular weight excluding hydrogens is 256 g/mol. The van der Waals surface area contributed by atoms with E-state index < -0.39 is 0 Å². The molecule has 1 aromatic carbocycles. The molecule has 0 aliphatic rings. The van der Waals surface area contributed by atoms with E-state index in [0.29, 0.717) is 22.9 Å². The molecule has 0 aliphatic heterocycles. The molecule has 0 aliphatic carbocycles. The predicted octanol–water partition coefficient (Wildman–Crippen LogP) is 2.55. The fourth-order valence-corrected chi connectivity index (χ4v) is 1.65. The monoisotopic (exact) mass is 270 g/mol. The Morgan fingerprint density at radius 3 is 2.60 bits per heavy atom. The van der Waals surface area contributed by atoms with Crippen molar-refractivity contribution in [1.29, 1.82) is 5.26 Å². The van der Waals surface area contributed by atoms with Crippen LogP contribution in [0.5, 0.6) is 17.4 Å². The largest absolute Gasteiger partial charge is 0.497 e. The minimum atomic E-state index is 0.287. The zero-order valence-corrected chi connectivity index (χ0v) is 11.3. The van der Waals surface area contributed by atoms with Gasteiger partial charge in [0, 0.05) is 12.1 Å². The molecule has 0 amide bonds. The van der Waals surface area contributed by atoms with Crippen LogP contribution in [-0.2, 0) is 6.61 Å². The fourth-order valence-electron chi connectivity index (χ4n) is 1.65. The van der Waals surface area contributed by atoms with Crippen molar-refractivity contribution in [2.75, 3.05) is 14.2 Å². The highest BCUT2D eigenvalue weighted by Gasteiger charge is 2.04. The van der Waals surface area contributed by atoms with Crippen LogP contribution in [0.3, 0.4) is 0 Å². The van der Waals surface area contributed by atoms with Gasteiger partial charge in [-0.25, -0.2) is 4.98 Å². The molecule has 5 heteroatoms. The lowest BCUT2D eigenvalue weighted by atomic mass is 10.2. The molecule has 0 bridgehead atoms. The van der Waals surface area contributed by atoms with Crippen molar-refractivity contribution < 1.29 is 14.2 Å². The van der Waals surface area contributed by atoms with Crippen LogP contribution in [0.4, 0.5) is 0 Å². The summed E-state index contributed by atoms with van der Waals surface area (Å²) >= 11 is 0. The Kier molecular flexibility index (Phi) is 4.40. The van der Waals surface area contributed by atoms with Gasteiger partial charge >= 0.3 is 0 Å². The summed E-state index contributed by atoms with van der Waals surface area (Å²) in [6.45, 7) is 0.287. The van der Waals surface area contributed by atoms with Crippen molar-refractivity contribution in [3.63, 3.8) is 0 Å². The predicted molar refractivity (Wildman–Crippen MR) is 72.8 cm³/mol. The average Bonchev–Trinajstić information content (AvgIpc) is 2.52. The Morgan fingerprint density at radius 1 is 1.10 bits per heavy atom. The molecule has 0 N–H and O–H groups in total. The summed E-state index contributed by atoms with van der Waals surface area (Å²) in [6.07, 6.45) is 0. The third-order valence-corrected chi connectivity index (χ3v) is 2.62. The molecule has 0 spiro atoms. The van der Waals surface area contributed by atoms with E-state index in [4.69, 9.17) is 19.5 Å². The zero-order valence-electron chi connectivity index (χ0n) is 11.3. The van der Waals surface area contributed by atoms with Crippen molar-refractivity contribution in [3.8, 4) is 23.4 Å². The van der Waals surface area contributed by atoms with Crippen LogP contribution in [0.1, 0.15) is 11.3 Å². The summed E-state index contributed by atoms with van der Waals surface area (Å²) < 4.78 is 15.8. The molecule has 0 saturated heterocycles. The number of methoxy groups -OCH3 is 2. The molecule has 20 heavy (non-hydrogen) atoms. The molecule has 1 aromatic heterocycles. The Balaban J connectivity index is 2.12. The van der Waals surface area contributed by atoms with Crippen LogP contribution < -0.4 is 14.2 Å². The molecule has 2 rings (SSSR count). The van der Waals surface area contributed by atoms with E-state index in [2.05, 4.69) is 11.1 Å². The van der Waals surface area contributed by atoms with E-state index in [9.17, 15) is 0 Å². The smallest absolute Gasteiger partial charge is 0.213 e. The molecule has 5 nitrogen and oxygen atoms in total. The van der Waals surface area contributed by atoms with E-state index in [1.807, 2.05) is 12.1 Å². The molecule has 0 unspecified atom stereocenters. The number of benzene rings is 1. The number of pyridine rings is 1. The lowest BCUT2D eigenvalue weighted by Crippen LogP contribution is -2.00. The van der Waals surface area contributed by atoms with Crippen molar-refractivity contribution in [2.45, 2.75) is 6.61 Å². The SMILES string of the molecule is COc1cc(C#N)cc(OCc2cccc(OC)n2)c1. The fraction of sp³-hybridized carbons (Fsp3) is 0.200. The van der Waals surface area contributed by atoms with Crippen molar-refractivity contribution in [1.82, 2.24) is 4.98 Å². The van der Waals surface area contributed by atoms with Crippen LogP contribution in [0.25, 0.3) is 0 Å². The summed E-state index contributed by atoms with van der Waals surface area (Å²) in [5.41, 5.74) is 1.23. The zero-order chi connectivity index (χ0) is 14.4. The van der Waals surface area contributed by atoms with E-state index in [1.165, 1.54) is 0 Å². The van der Waals surface area contributed by atoms with Crippen LogP contribution in [0.15, 0.2) is 36.4 Å². The Hall–Kier alpha value is -2.74. The highest BCUT2D eigenvalue weighted by atomic mass is 16.5. The van der Waals surface area contributed by atoms with Gasteiger partial charge in [-0.1, -0.05) is 6.07 Å². The van der Waals surface area contributed by atoms with Crippen molar-refractivity contribution in [3.05, 3.63) is 47.7 Å². The first-order valence-electron chi connectivity index (χ1n) is 5.97. The van der Waals surface area contributed by atoms with Gasteiger partial charge < -0.3 is 14.2 Å². The van der Waals surface area contributed by atoms with E-state index in [0.717, 1.165) is 5.69 Å². The summed E-state index contributed by atoms with van der Waals surface area (Å²) in [5, 5.41) is 8.95. The average molecular weight is 270 g/mol. The Labute approximate surface area is 117 Å². The second-order valence-electron chi connectivity index (χ2n) is 3.97. The van der Waals surface area contributed by atoms with Gasteiger partial charge in [0.05, 0.1) is 31.5 Å². The minimum Gasteiger partial charge on any atom is -0.497 e. The standard InChI is InChI=1S/C15H14N2O3/c1-18-13-6-11(9-16)7-14(8-13)20-10-12-4-3-5-15(17-12)19-2/h3-8H,10H2,1-2H3. The molecule has 0 saturated carbocycles. The number of nitriles is 1. The summed E-state index contributed by atoms with van der Waals surface area (Å²) in [5.74, 6) is 1.68. The second-order valence-corrected chi connectivity index (χ2v) is 3.97. The molecule has 1 heterocycles. The summed E-state index contributed by atoms with van der Waals surface area (Å²) in [6, 6.07) is 12.5. The third kappa shape index (κ3) is 3.39. The summed E-state index contributed by atoms with van der Waals surface area (Å²) in [7, 11) is 3.11. The number of hydrogen-bond donors (Lipinski definition) is 0. The Bertz CT molecular complexity index is 635. The van der Waals surface area contributed by atoms with Crippen LogP contribution in [0, 0.1) is 11.3 Å². The molecule has 0 fully saturated rings. The number of ether oxygens (including phenoxy) is 3. The Morgan fingerprint density at radius 2 is 1.90 bits per heavy atom. The van der Waals surface area contributed by atoms with E-state index in [1.54, 1.807) is 38.5 Å². The van der Waals surface area contributed by atoms with Gasteiger partial charge in [0.25, 0.3) is 0 Å². The quantitative estimate of drug-likeness (QED) is 0.835. The molecule has 0 radical (unpaired) electrons. The van der Waals surface area contributed by atoms with Crippen molar-refractivity contribution >= 4 is 0 Å². The van der Waals surface area contributed by atoms with Crippen LogP contribution in [0.2, 0.25) is 0 Å². The van der Waals surface area contributed by atoms with Gasteiger partial charge in [-0.3, -0.25) is 0 Å². The number of hydrogen-bond acceptors (Lipinski definition) is 5. The minimum absolute atomic E-state index is 0.287. The van der Waals surface area contributed by atoms with Gasteiger partial charge in [-0.2, -0.15) is 5.26 Å². The highest BCUT2D eigenvalue weighted by molar-refractivity contribution is 5.43. The van der Waals surface area contributed by atoms with E-state index >= 15 is 0 Å². The van der Waals surface area contributed by atoms with Crippen LogP contribution in [-0.4, -0.2) is 19.2 Å². The van der Waals surface area contributed by atoms with Gasteiger partial charge in [-0.15, -0.1) is 0 Å². The maximum atomic E-state index is 8.95. The number of aromatic nitrogens is 1. The lowest BCUT2D eigenvalue weighted by Gasteiger charge is -2.09. The lowest BCUT2D eigenvalue weighted by molar-refractivity contribution is 0.296. The number of nitrogens with zero attached hydrogens (tertiary/aromatic N) is 2. The number of rotatable bonds is 5. The molecular formula is C15H14N2O3. The first-order chi connectivity index (χ1) is 9.75. The summed E-state index contributed by atoms with van der Waals surface area (Å²) in [4.78, 5) is 4.25. The van der Waals surface area contributed by atoms with Gasteiger partial charge in [0.2, 0.25) is 5.88 Å². The molecule has 102 valence electrons. The van der Waals surface area contributed by atoms with Gasteiger partial charge in [0.15, 0.2) is 0 Å². The van der Waals surface area contributed by atoms with E-state index in [-0.39, 0.29) is 6.61 Å². The van der Waals surface area contributed by atoms with Crippen molar-refractivity contribution in [2.24, 2.45) is 0 Å². The third-order valence-electron chi connectivity index (χ3n) is 2.62. The maximum Gasteiger partial charge on any atom is 0.213 e.